The van der Waals surface area contributed by atoms with E-state index in [-0.39, 0.29) is 15.8 Å². The van der Waals surface area contributed by atoms with Crippen LogP contribution in [0, 0.1) is 0 Å². The van der Waals surface area contributed by atoms with Crippen LogP contribution in [0.2, 0.25) is 0 Å². The molecule has 1 atom stereocenters. The summed E-state index contributed by atoms with van der Waals surface area (Å²) in [5.74, 6) is -1.12. The zero-order valence-corrected chi connectivity index (χ0v) is 14.0. The smallest absolute Gasteiger partial charge is 0.336 e. The van der Waals surface area contributed by atoms with Gasteiger partial charge < -0.3 is 5.11 Å². The number of hydrogen-bond acceptors (Lipinski definition) is 5. The molecule has 2 rings (SSSR count). The number of likely N-dealkylation sites (N-methyl/N-ethyl adjacent to an activating group) is 1. The van der Waals surface area contributed by atoms with Gasteiger partial charge in [-0.3, -0.25) is 0 Å². The van der Waals surface area contributed by atoms with Gasteiger partial charge in [-0.25, -0.2) is 13.2 Å². The van der Waals surface area contributed by atoms with Gasteiger partial charge in [-0.05, 0) is 30.9 Å². The Bertz CT molecular complexity index is 718. The average Bonchev–Trinajstić information content (AvgIpc) is 3.08. The second-order valence-electron chi connectivity index (χ2n) is 4.61. The van der Waals surface area contributed by atoms with E-state index in [4.69, 9.17) is 5.11 Å². The van der Waals surface area contributed by atoms with Gasteiger partial charge in [-0.15, -0.1) is 22.7 Å². The lowest BCUT2D eigenvalue weighted by Gasteiger charge is -2.23. The van der Waals surface area contributed by atoms with Crippen LogP contribution >= 0.6 is 22.7 Å². The molecule has 0 aromatic carbocycles. The number of carboxylic acids is 1. The van der Waals surface area contributed by atoms with Gasteiger partial charge in [0.15, 0.2) is 0 Å². The first-order valence-electron chi connectivity index (χ1n) is 6.14. The summed E-state index contributed by atoms with van der Waals surface area (Å²) in [6.45, 7) is 1.84. The number of rotatable bonds is 6. The zero-order chi connectivity index (χ0) is 15.6. The molecule has 0 aliphatic heterocycles. The highest BCUT2D eigenvalue weighted by Crippen LogP contribution is 2.25. The zero-order valence-electron chi connectivity index (χ0n) is 11.5. The second kappa shape index (κ2) is 6.27. The van der Waals surface area contributed by atoms with Gasteiger partial charge >= 0.3 is 5.97 Å². The summed E-state index contributed by atoms with van der Waals surface area (Å²) in [7, 11) is -2.14. The summed E-state index contributed by atoms with van der Waals surface area (Å²) in [6.07, 6.45) is 0.630. The lowest BCUT2D eigenvalue weighted by Crippen LogP contribution is -2.35. The first-order valence-corrected chi connectivity index (χ1v) is 9.34. The van der Waals surface area contributed by atoms with E-state index in [9.17, 15) is 13.2 Å². The van der Waals surface area contributed by atoms with Crippen molar-refractivity contribution < 1.29 is 18.3 Å². The fourth-order valence-corrected chi connectivity index (χ4v) is 5.32. The molecule has 1 N–H and O–H groups in total. The molecular weight excluding hydrogens is 330 g/mol. The summed E-state index contributed by atoms with van der Waals surface area (Å²) in [4.78, 5) is 12.0. The topological polar surface area (TPSA) is 74.7 Å². The Labute approximate surface area is 131 Å². The van der Waals surface area contributed by atoms with Crippen molar-refractivity contribution in [3.05, 3.63) is 39.4 Å². The molecule has 0 spiro atoms. The normalized spacial score (nSPS) is 13.5. The Balaban J connectivity index is 2.19. The molecule has 5 nitrogen and oxygen atoms in total. The van der Waals surface area contributed by atoms with Gasteiger partial charge in [0, 0.05) is 23.3 Å². The SMILES string of the molecule is CC(Cc1cccs1)N(C)S(=O)(=O)c1cc(C(=O)O)cs1. The maximum atomic E-state index is 12.5. The van der Waals surface area contributed by atoms with Gasteiger partial charge in [0.2, 0.25) is 0 Å². The van der Waals surface area contributed by atoms with Crippen LogP contribution in [0.4, 0.5) is 0 Å². The lowest BCUT2D eigenvalue weighted by molar-refractivity contribution is 0.0697. The van der Waals surface area contributed by atoms with E-state index in [2.05, 4.69) is 0 Å². The predicted molar refractivity (Wildman–Crippen MR) is 83.7 cm³/mol. The van der Waals surface area contributed by atoms with Crippen LogP contribution in [0.3, 0.4) is 0 Å². The standard InChI is InChI=1S/C13H15NO4S3/c1-9(6-11-4-3-5-19-11)14(2)21(17,18)12-7-10(8-20-12)13(15)16/h3-5,7-9H,6H2,1-2H3,(H,15,16). The van der Waals surface area contributed by atoms with Gasteiger partial charge in [-0.1, -0.05) is 6.07 Å². The van der Waals surface area contributed by atoms with E-state index in [1.807, 2.05) is 24.4 Å². The third-order valence-electron chi connectivity index (χ3n) is 3.15. The molecule has 2 aromatic heterocycles. The molecule has 0 aliphatic rings. The molecule has 2 aromatic rings. The van der Waals surface area contributed by atoms with E-state index in [0.717, 1.165) is 16.2 Å². The van der Waals surface area contributed by atoms with Crippen LogP contribution in [0.25, 0.3) is 0 Å². The highest BCUT2D eigenvalue weighted by molar-refractivity contribution is 7.91. The lowest BCUT2D eigenvalue weighted by atomic mass is 10.2. The van der Waals surface area contributed by atoms with Crippen LogP contribution in [-0.4, -0.2) is 36.9 Å². The molecule has 8 heteroatoms. The highest BCUT2D eigenvalue weighted by Gasteiger charge is 2.27. The van der Waals surface area contributed by atoms with Crippen LogP contribution in [-0.2, 0) is 16.4 Å². The van der Waals surface area contributed by atoms with Crippen molar-refractivity contribution in [3.8, 4) is 0 Å². The molecule has 114 valence electrons. The molecule has 0 amide bonds. The van der Waals surface area contributed by atoms with Crippen molar-refractivity contribution >= 4 is 38.7 Å². The largest absolute Gasteiger partial charge is 0.478 e. The second-order valence-corrected chi connectivity index (χ2v) is 8.78. The summed E-state index contributed by atoms with van der Waals surface area (Å²) >= 11 is 2.52. The molecule has 0 aliphatic carbocycles. The Morgan fingerprint density at radius 1 is 1.43 bits per heavy atom. The van der Waals surface area contributed by atoms with Crippen molar-refractivity contribution in [2.75, 3.05) is 7.05 Å². The minimum absolute atomic E-state index is 0.00196. The summed E-state index contributed by atoms with van der Waals surface area (Å²) in [5, 5.41) is 12.2. The van der Waals surface area contributed by atoms with Crippen molar-refractivity contribution in [1.82, 2.24) is 4.31 Å². The minimum atomic E-state index is -3.66. The quantitative estimate of drug-likeness (QED) is 0.873. The summed E-state index contributed by atoms with van der Waals surface area (Å²) < 4.78 is 26.3. The van der Waals surface area contributed by atoms with E-state index in [1.54, 1.807) is 11.3 Å². The number of thiophene rings is 2. The van der Waals surface area contributed by atoms with Crippen LogP contribution in [0.15, 0.2) is 33.2 Å². The van der Waals surface area contributed by atoms with Crippen LogP contribution < -0.4 is 0 Å². The first-order chi connectivity index (χ1) is 9.82. The number of carboxylic acid groups (broad SMARTS) is 1. The maximum Gasteiger partial charge on any atom is 0.336 e. The number of nitrogens with zero attached hydrogens (tertiary/aromatic N) is 1. The molecule has 2 heterocycles. The highest BCUT2D eigenvalue weighted by atomic mass is 32.2. The van der Waals surface area contributed by atoms with Crippen molar-refractivity contribution in [1.29, 1.82) is 0 Å². The number of hydrogen-bond donors (Lipinski definition) is 1. The fourth-order valence-electron chi connectivity index (χ4n) is 1.79. The molecular formula is C13H15NO4S3. The molecule has 0 saturated heterocycles. The Kier molecular flexibility index (Phi) is 4.82. The van der Waals surface area contributed by atoms with Crippen molar-refractivity contribution in [2.24, 2.45) is 0 Å². The number of aromatic carboxylic acids is 1. The molecule has 1 unspecified atom stereocenters. The maximum absolute atomic E-state index is 12.5. The molecule has 0 saturated carbocycles. The van der Waals surface area contributed by atoms with E-state index in [1.165, 1.54) is 22.8 Å². The number of carbonyl (C=O) groups is 1. The van der Waals surface area contributed by atoms with Gasteiger partial charge in [0.25, 0.3) is 10.0 Å². The molecule has 21 heavy (non-hydrogen) atoms. The predicted octanol–water partition coefficient (Wildman–Crippen LogP) is 2.76. The molecule has 0 fully saturated rings. The Hall–Kier alpha value is -1.22. The van der Waals surface area contributed by atoms with Crippen molar-refractivity contribution in [3.63, 3.8) is 0 Å². The fraction of sp³-hybridized carbons (Fsp3) is 0.308. The van der Waals surface area contributed by atoms with Crippen LogP contribution in [0.5, 0.6) is 0 Å². The third-order valence-corrected chi connectivity index (χ3v) is 7.44. The minimum Gasteiger partial charge on any atom is -0.478 e. The Morgan fingerprint density at radius 3 is 2.67 bits per heavy atom. The van der Waals surface area contributed by atoms with E-state index < -0.39 is 16.0 Å². The van der Waals surface area contributed by atoms with E-state index in [0.29, 0.717) is 6.42 Å². The van der Waals surface area contributed by atoms with Crippen molar-refractivity contribution in [2.45, 2.75) is 23.6 Å². The summed E-state index contributed by atoms with van der Waals surface area (Å²) in [5.41, 5.74) is -0.00196. The van der Waals surface area contributed by atoms with Gasteiger partial charge in [0.05, 0.1) is 5.56 Å². The Morgan fingerprint density at radius 2 is 2.14 bits per heavy atom. The van der Waals surface area contributed by atoms with Gasteiger partial charge in [0.1, 0.15) is 4.21 Å². The van der Waals surface area contributed by atoms with Gasteiger partial charge in [-0.2, -0.15) is 4.31 Å². The molecule has 0 bridgehead atoms. The van der Waals surface area contributed by atoms with E-state index >= 15 is 0 Å². The van der Waals surface area contributed by atoms with Crippen LogP contribution in [0.1, 0.15) is 22.2 Å². The number of sulfonamides is 1. The first kappa shape index (κ1) is 16.2. The third kappa shape index (κ3) is 3.52. The molecule has 0 radical (unpaired) electrons. The average molecular weight is 345 g/mol. The monoisotopic (exact) mass is 345 g/mol. The summed E-state index contributed by atoms with van der Waals surface area (Å²) in [6, 6.07) is 4.90.